The van der Waals surface area contributed by atoms with E-state index in [1.807, 2.05) is 18.4 Å². The third kappa shape index (κ3) is 4.71. The highest BCUT2D eigenvalue weighted by molar-refractivity contribution is 7.14. The van der Waals surface area contributed by atoms with E-state index in [4.69, 9.17) is 5.11 Å². The van der Waals surface area contributed by atoms with E-state index in [-0.39, 0.29) is 12.5 Å². The van der Waals surface area contributed by atoms with Crippen molar-refractivity contribution in [1.82, 2.24) is 5.32 Å². The fourth-order valence-corrected chi connectivity index (χ4v) is 3.43. The van der Waals surface area contributed by atoms with Crippen molar-refractivity contribution in [2.24, 2.45) is 0 Å². The highest BCUT2D eigenvalue weighted by Gasteiger charge is 2.11. The highest BCUT2D eigenvalue weighted by Crippen LogP contribution is 2.20. The van der Waals surface area contributed by atoms with Gasteiger partial charge < -0.3 is 10.4 Å². The zero-order valence-corrected chi connectivity index (χ0v) is 13.4. The summed E-state index contributed by atoms with van der Waals surface area (Å²) in [4.78, 5) is 13.7. The van der Waals surface area contributed by atoms with Crippen LogP contribution in [0.1, 0.15) is 32.1 Å². The van der Waals surface area contributed by atoms with Gasteiger partial charge in [0.1, 0.15) is 0 Å². The number of aliphatic hydroxyl groups excluding tert-OH is 1. The molecule has 1 amide bonds. The van der Waals surface area contributed by atoms with Crippen LogP contribution in [-0.4, -0.2) is 24.2 Å². The number of amides is 1. The molecule has 0 spiro atoms. The second-order valence-corrected chi connectivity index (χ2v) is 6.37. The Morgan fingerprint density at radius 3 is 3.05 bits per heavy atom. The van der Waals surface area contributed by atoms with Gasteiger partial charge in [0.25, 0.3) is 5.91 Å². The van der Waals surface area contributed by atoms with E-state index in [0.29, 0.717) is 17.8 Å². The van der Waals surface area contributed by atoms with Crippen molar-refractivity contribution < 1.29 is 9.90 Å². The van der Waals surface area contributed by atoms with Gasteiger partial charge in [-0.2, -0.15) is 11.3 Å². The number of nitrogens with one attached hydrogen (secondary N) is 1. The lowest BCUT2D eigenvalue weighted by Crippen LogP contribution is -2.24. The van der Waals surface area contributed by atoms with Crippen LogP contribution in [0, 0.1) is 18.8 Å². The summed E-state index contributed by atoms with van der Waals surface area (Å²) in [6.07, 6.45) is 1.31. The van der Waals surface area contributed by atoms with Crippen LogP contribution >= 0.6 is 22.7 Å². The molecule has 0 unspecified atom stereocenters. The number of carbonyl (C=O) groups excluding carboxylic acids is 1. The average molecular weight is 319 g/mol. The molecule has 2 aromatic heterocycles. The summed E-state index contributed by atoms with van der Waals surface area (Å²) in [5.74, 6) is 5.84. The number of aliphatic hydroxyl groups is 1. The number of thiophene rings is 2. The van der Waals surface area contributed by atoms with Crippen molar-refractivity contribution in [2.45, 2.75) is 19.8 Å². The van der Waals surface area contributed by atoms with Crippen LogP contribution in [0.25, 0.3) is 0 Å². The SMILES string of the molecule is Cc1cc(C(=O)NCCc2ccsc2)sc1C#CCCO. The maximum absolute atomic E-state index is 12.1. The van der Waals surface area contributed by atoms with E-state index >= 15 is 0 Å². The molecule has 0 radical (unpaired) electrons. The minimum absolute atomic E-state index is 0.0477. The molecule has 0 aliphatic heterocycles. The van der Waals surface area contributed by atoms with Crippen LogP contribution in [0.3, 0.4) is 0 Å². The third-order valence-electron chi connectivity index (χ3n) is 2.86. The Morgan fingerprint density at radius 2 is 2.33 bits per heavy atom. The van der Waals surface area contributed by atoms with Gasteiger partial charge in [-0.15, -0.1) is 11.3 Å². The Bertz CT molecular complexity index is 648. The zero-order valence-electron chi connectivity index (χ0n) is 11.8. The van der Waals surface area contributed by atoms with Crippen LogP contribution in [0.5, 0.6) is 0 Å². The molecule has 2 N–H and O–H groups in total. The summed E-state index contributed by atoms with van der Waals surface area (Å²) in [6, 6.07) is 3.94. The minimum atomic E-state index is -0.0477. The van der Waals surface area contributed by atoms with Gasteiger partial charge in [0.2, 0.25) is 0 Å². The number of aryl methyl sites for hydroxylation is 1. The topological polar surface area (TPSA) is 49.3 Å². The van der Waals surface area contributed by atoms with Gasteiger partial charge in [0.05, 0.1) is 16.4 Å². The van der Waals surface area contributed by atoms with E-state index in [1.165, 1.54) is 16.9 Å². The largest absolute Gasteiger partial charge is 0.395 e. The molecular weight excluding hydrogens is 302 g/mol. The first-order chi connectivity index (χ1) is 10.2. The Hall–Kier alpha value is -1.61. The third-order valence-corrected chi connectivity index (χ3v) is 4.74. The Morgan fingerprint density at radius 1 is 1.48 bits per heavy atom. The predicted octanol–water partition coefficient (Wildman–Crippen LogP) is 2.82. The molecule has 110 valence electrons. The summed E-state index contributed by atoms with van der Waals surface area (Å²) < 4.78 is 0. The van der Waals surface area contributed by atoms with Gasteiger partial charge in [-0.3, -0.25) is 4.79 Å². The normalized spacial score (nSPS) is 10.0. The fourth-order valence-electron chi connectivity index (χ4n) is 1.76. The van der Waals surface area contributed by atoms with E-state index in [0.717, 1.165) is 16.9 Å². The molecule has 0 fully saturated rings. The van der Waals surface area contributed by atoms with Crippen molar-refractivity contribution in [3.05, 3.63) is 43.8 Å². The smallest absolute Gasteiger partial charge is 0.261 e. The highest BCUT2D eigenvalue weighted by atomic mass is 32.1. The van der Waals surface area contributed by atoms with Crippen molar-refractivity contribution >= 4 is 28.6 Å². The van der Waals surface area contributed by atoms with E-state index in [2.05, 4.69) is 28.6 Å². The molecule has 0 saturated carbocycles. The van der Waals surface area contributed by atoms with Crippen molar-refractivity contribution in [3.8, 4) is 11.8 Å². The first-order valence-corrected chi connectivity index (χ1v) is 8.46. The summed E-state index contributed by atoms with van der Waals surface area (Å²) in [5.41, 5.74) is 2.26. The molecule has 0 atom stereocenters. The molecule has 2 heterocycles. The standard InChI is InChI=1S/C16H17NO2S2/c1-12-10-15(21-14(12)4-2-3-8-18)16(19)17-7-5-13-6-9-20-11-13/h6,9-11,18H,3,5,7-8H2,1H3,(H,17,19). The Kier molecular flexibility index (Phi) is 6.00. The lowest BCUT2D eigenvalue weighted by Gasteiger charge is -2.01. The lowest BCUT2D eigenvalue weighted by molar-refractivity contribution is 0.0958. The molecule has 2 rings (SSSR count). The van der Waals surface area contributed by atoms with Crippen molar-refractivity contribution in [1.29, 1.82) is 0 Å². The summed E-state index contributed by atoms with van der Waals surface area (Å²) in [7, 11) is 0. The fraction of sp³-hybridized carbons (Fsp3) is 0.312. The molecule has 2 aromatic rings. The molecule has 0 aromatic carbocycles. The molecular formula is C16H17NO2S2. The summed E-state index contributed by atoms with van der Waals surface area (Å²) in [6.45, 7) is 2.65. The molecule has 0 aliphatic carbocycles. The van der Waals surface area contributed by atoms with Crippen molar-refractivity contribution in [3.63, 3.8) is 0 Å². The molecule has 3 nitrogen and oxygen atoms in total. The van der Waals surface area contributed by atoms with Gasteiger partial charge in [-0.05, 0) is 47.4 Å². The van der Waals surface area contributed by atoms with Crippen LogP contribution in [0.15, 0.2) is 22.9 Å². The number of rotatable bonds is 5. The quantitative estimate of drug-likeness (QED) is 0.833. The van der Waals surface area contributed by atoms with Gasteiger partial charge in [0.15, 0.2) is 0 Å². The first-order valence-electron chi connectivity index (χ1n) is 6.70. The maximum Gasteiger partial charge on any atom is 0.261 e. The van der Waals surface area contributed by atoms with E-state index in [1.54, 1.807) is 11.3 Å². The van der Waals surface area contributed by atoms with E-state index in [9.17, 15) is 4.79 Å². The summed E-state index contributed by atoms with van der Waals surface area (Å²) in [5, 5.41) is 15.8. The Labute approximate surface area is 132 Å². The average Bonchev–Trinajstić information content (AvgIpc) is 3.09. The second kappa shape index (κ2) is 7.99. The number of carbonyl (C=O) groups is 1. The predicted molar refractivity (Wildman–Crippen MR) is 88.0 cm³/mol. The summed E-state index contributed by atoms with van der Waals surface area (Å²) >= 11 is 3.07. The molecule has 0 saturated heterocycles. The monoisotopic (exact) mass is 319 g/mol. The van der Waals surface area contributed by atoms with E-state index < -0.39 is 0 Å². The second-order valence-electron chi connectivity index (χ2n) is 4.54. The van der Waals surface area contributed by atoms with Gasteiger partial charge in [0, 0.05) is 13.0 Å². The van der Waals surface area contributed by atoms with Gasteiger partial charge in [-0.1, -0.05) is 11.8 Å². The first kappa shape index (κ1) is 15.8. The minimum Gasteiger partial charge on any atom is -0.395 e. The number of hydrogen-bond donors (Lipinski definition) is 2. The van der Waals surface area contributed by atoms with Crippen molar-refractivity contribution in [2.75, 3.05) is 13.2 Å². The van der Waals surface area contributed by atoms with Crippen LogP contribution in [-0.2, 0) is 6.42 Å². The zero-order chi connectivity index (χ0) is 15.1. The van der Waals surface area contributed by atoms with Gasteiger partial charge in [-0.25, -0.2) is 0 Å². The van der Waals surface area contributed by atoms with Crippen LogP contribution < -0.4 is 5.32 Å². The number of hydrogen-bond acceptors (Lipinski definition) is 4. The maximum atomic E-state index is 12.1. The molecule has 0 aliphatic rings. The Balaban J connectivity index is 1.90. The van der Waals surface area contributed by atoms with Crippen LogP contribution in [0.2, 0.25) is 0 Å². The molecule has 5 heteroatoms. The molecule has 21 heavy (non-hydrogen) atoms. The lowest BCUT2D eigenvalue weighted by atomic mass is 10.2. The van der Waals surface area contributed by atoms with Gasteiger partial charge >= 0.3 is 0 Å². The van der Waals surface area contributed by atoms with Crippen LogP contribution in [0.4, 0.5) is 0 Å². The molecule has 0 bridgehead atoms.